The van der Waals surface area contributed by atoms with Gasteiger partial charge in [-0.2, -0.15) is 5.21 Å². The van der Waals surface area contributed by atoms with Crippen molar-refractivity contribution in [2.45, 2.75) is 32.1 Å². The number of nitrogens with zero attached hydrogens (tertiary/aromatic N) is 4. The number of pyridine rings is 1. The maximum Gasteiger partial charge on any atom is 0.325 e. The number of carbonyl (C=O) groups is 1. The molecule has 0 saturated carbocycles. The van der Waals surface area contributed by atoms with E-state index in [1.54, 1.807) is 6.20 Å². The minimum absolute atomic E-state index is 0.294. The van der Waals surface area contributed by atoms with Crippen LogP contribution in [0.2, 0.25) is 0 Å². The molecule has 0 fully saturated rings. The highest BCUT2D eigenvalue weighted by Gasteiger charge is 2.31. The van der Waals surface area contributed by atoms with Gasteiger partial charge in [-0.15, -0.1) is 10.2 Å². The fourth-order valence-corrected chi connectivity index (χ4v) is 3.71. The summed E-state index contributed by atoms with van der Waals surface area (Å²) in [6, 6.07) is 9.67. The number of tetrazole rings is 1. The molecule has 4 rings (SSSR count). The van der Waals surface area contributed by atoms with Crippen LogP contribution in [0.5, 0.6) is 0 Å². The molecule has 3 aromatic heterocycles. The molecule has 0 aliphatic heterocycles. The van der Waals surface area contributed by atoms with Crippen molar-refractivity contribution in [1.29, 1.82) is 0 Å². The number of carboxylic acids is 1. The lowest BCUT2D eigenvalue weighted by molar-refractivity contribution is -0.142. The second-order valence-electron chi connectivity index (χ2n) is 7.21. The van der Waals surface area contributed by atoms with Crippen molar-refractivity contribution in [3.63, 3.8) is 0 Å². The Kier molecular flexibility index (Phi) is 5.38. The Hall–Kier alpha value is -3.82. The highest BCUT2D eigenvalue weighted by Crippen LogP contribution is 2.30. The second kappa shape index (κ2) is 8.27. The van der Waals surface area contributed by atoms with Crippen LogP contribution < -0.4 is 5.69 Å². The van der Waals surface area contributed by atoms with Gasteiger partial charge in [0, 0.05) is 17.7 Å². The molecule has 4 aromatic rings. The summed E-state index contributed by atoms with van der Waals surface area (Å²) in [5.41, 5.74) is 3.64. The Balaban J connectivity index is 1.59. The van der Waals surface area contributed by atoms with Crippen LogP contribution >= 0.6 is 0 Å². The van der Waals surface area contributed by atoms with Gasteiger partial charge >= 0.3 is 11.7 Å². The molecular formula is C20H21N7O3. The molecule has 0 bridgehead atoms. The summed E-state index contributed by atoms with van der Waals surface area (Å²) < 4.78 is 0. The van der Waals surface area contributed by atoms with E-state index >= 15 is 0 Å². The Morgan fingerprint density at radius 3 is 2.63 bits per heavy atom. The quantitative estimate of drug-likeness (QED) is 0.349. The number of carboxylic acid groups (broad SMARTS) is 1. The van der Waals surface area contributed by atoms with Gasteiger partial charge in [0.2, 0.25) is 0 Å². The second-order valence-corrected chi connectivity index (χ2v) is 7.21. The van der Waals surface area contributed by atoms with E-state index < -0.39 is 11.9 Å². The third-order valence-corrected chi connectivity index (χ3v) is 5.21. The van der Waals surface area contributed by atoms with Gasteiger partial charge in [-0.1, -0.05) is 42.8 Å². The van der Waals surface area contributed by atoms with Crippen LogP contribution in [-0.4, -0.2) is 46.7 Å². The summed E-state index contributed by atoms with van der Waals surface area (Å²) >= 11 is 0. The first-order valence-electron chi connectivity index (χ1n) is 9.68. The van der Waals surface area contributed by atoms with Crippen molar-refractivity contribution >= 4 is 17.1 Å². The summed E-state index contributed by atoms with van der Waals surface area (Å²) in [6.45, 7) is 1.96. The zero-order valence-electron chi connectivity index (χ0n) is 16.3. The lowest BCUT2D eigenvalue weighted by atomic mass is 9.83. The van der Waals surface area contributed by atoms with E-state index in [2.05, 4.69) is 35.6 Å². The first-order chi connectivity index (χ1) is 14.5. The van der Waals surface area contributed by atoms with Crippen LogP contribution in [0.3, 0.4) is 0 Å². The molecule has 0 aliphatic carbocycles. The number of hydrogen-bond acceptors (Lipinski definition) is 6. The first kappa shape index (κ1) is 19.5. The molecule has 0 radical (unpaired) electrons. The van der Waals surface area contributed by atoms with Crippen molar-refractivity contribution in [3.05, 3.63) is 58.4 Å². The van der Waals surface area contributed by atoms with Gasteiger partial charge in [0.15, 0.2) is 11.5 Å². The van der Waals surface area contributed by atoms with E-state index in [1.807, 2.05) is 37.3 Å². The topological polar surface area (TPSA) is 153 Å². The number of rotatable bonds is 8. The molecule has 10 nitrogen and oxygen atoms in total. The molecule has 0 unspecified atom stereocenters. The lowest BCUT2D eigenvalue weighted by Crippen LogP contribution is -2.25. The third-order valence-electron chi connectivity index (χ3n) is 5.21. The fraction of sp³-hybridized carbons (Fsp3) is 0.300. The fourth-order valence-electron chi connectivity index (χ4n) is 3.71. The average molecular weight is 407 g/mol. The Labute approximate surface area is 170 Å². The largest absolute Gasteiger partial charge is 0.481 e. The van der Waals surface area contributed by atoms with Gasteiger partial charge in [0.1, 0.15) is 0 Å². The molecule has 30 heavy (non-hydrogen) atoms. The highest BCUT2D eigenvalue weighted by molar-refractivity contribution is 5.77. The SMILES string of the molecule is CCC[C@H](C(=O)O)[C@H](Cc1ccc(-c2cnc3[nH]c(=O)[nH]c3c2)cc1)c1nn[nH]n1. The highest BCUT2D eigenvalue weighted by atomic mass is 16.4. The van der Waals surface area contributed by atoms with Gasteiger partial charge in [0.25, 0.3) is 0 Å². The van der Waals surface area contributed by atoms with Gasteiger partial charge in [-0.25, -0.2) is 9.78 Å². The number of aromatic nitrogens is 7. The predicted octanol–water partition coefficient (Wildman–Crippen LogP) is 2.26. The molecule has 1 aromatic carbocycles. The van der Waals surface area contributed by atoms with E-state index in [0.717, 1.165) is 23.1 Å². The molecule has 4 N–H and O–H groups in total. The van der Waals surface area contributed by atoms with Crippen molar-refractivity contribution in [3.8, 4) is 11.1 Å². The van der Waals surface area contributed by atoms with Crippen molar-refractivity contribution < 1.29 is 9.90 Å². The third kappa shape index (κ3) is 3.97. The summed E-state index contributed by atoms with van der Waals surface area (Å²) in [7, 11) is 0. The van der Waals surface area contributed by atoms with Crippen LogP contribution in [0.4, 0.5) is 0 Å². The summed E-state index contributed by atoms with van der Waals surface area (Å²) in [6.07, 6.45) is 3.47. The maximum absolute atomic E-state index is 11.8. The summed E-state index contributed by atoms with van der Waals surface area (Å²) in [4.78, 5) is 32.9. The van der Waals surface area contributed by atoms with E-state index in [0.29, 0.717) is 29.8 Å². The van der Waals surface area contributed by atoms with Gasteiger partial charge < -0.3 is 10.1 Å². The van der Waals surface area contributed by atoms with E-state index in [1.165, 1.54) is 0 Å². The van der Waals surface area contributed by atoms with Crippen LogP contribution in [0.25, 0.3) is 22.3 Å². The zero-order chi connectivity index (χ0) is 21.1. The van der Waals surface area contributed by atoms with Crippen LogP contribution in [0.1, 0.15) is 37.1 Å². The van der Waals surface area contributed by atoms with Crippen LogP contribution in [-0.2, 0) is 11.2 Å². The molecule has 154 valence electrons. The molecule has 0 saturated heterocycles. The number of benzene rings is 1. The molecule has 2 atom stereocenters. The molecule has 0 spiro atoms. The Morgan fingerprint density at radius 1 is 1.17 bits per heavy atom. The number of aliphatic carboxylic acids is 1. The Morgan fingerprint density at radius 2 is 1.97 bits per heavy atom. The molecule has 0 amide bonds. The zero-order valence-corrected chi connectivity index (χ0v) is 16.3. The van der Waals surface area contributed by atoms with Crippen LogP contribution in [0.15, 0.2) is 41.3 Å². The number of aromatic amines is 3. The molecule has 3 heterocycles. The standard InChI is InChI=1S/C20H21N7O3/c1-2-3-14(19(28)29)15(17-24-26-27-25-17)8-11-4-6-12(7-5-11)13-9-16-18(21-10-13)23-20(30)22-16/h4-7,9-10,14-15H,2-3,8H2,1H3,(H,28,29)(H2,21,22,23,30)(H,24,25,26,27)/t14-,15-/m0/s1. The minimum atomic E-state index is -0.858. The smallest absolute Gasteiger partial charge is 0.325 e. The normalized spacial score (nSPS) is 13.4. The maximum atomic E-state index is 11.8. The van der Waals surface area contributed by atoms with Crippen LogP contribution in [0, 0.1) is 5.92 Å². The lowest BCUT2D eigenvalue weighted by Gasteiger charge is -2.21. The van der Waals surface area contributed by atoms with E-state index in [4.69, 9.17) is 0 Å². The van der Waals surface area contributed by atoms with Crippen molar-refractivity contribution in [2.75, 3.05) is 0 Å². The van der Waals surface area contributed by atoms with Crippen molar-refractivity contribution in [2.24, 2.45) is 5.92 Å². The number of hydrogen-bond donors (Lipinski definition) is 4. The van der Waals surface area contributed by atoms with E-state index in [-0.39, 0.29) is 11.6 Å². The number of H-pyrrole nitrogens is 3. The molecule has 0 aliphatic rings. The van der Waals surface area contributed by atoms with Gasteiger partial charge in [0.05, 0.1) is 11.4 Å². The number of imidazole rings is 1. The van der Waals surface area contributed by atoms with Gasteiger partial charge in [-0.3, -0.25) is 9.78 Å². The minimum Gasteiger partial charge on any atom is -0.481 e. The number of nitrogens with one attached hydrogen (secondary N) is 3. The average Bonchev–Trinajstić information content (AvgIpc) is 3.39. The first-order valence-corrected chi connectivity index (χ1v) is 9.68. The predicted molar refractivity (Wildman–Crippen MR) is 109 cm³/mol. The number of fused-ring (bicyclic) bond motifs is 1. The monoisotopic (exact) mass is 407 g/mol. The summed E-state index contributed by atoms with van der Waals surface area (Å²) in [5.74, 6) is -1.42. The van der Waals surface area contributed by atoms with Crippen molar-refractivity contribution in [1.82, 2.24) is 35.6 Å². The van der Waals surface area contributed by atoms with E-state index in [9.17, 15) is 14.7 Å². The Bertz CT molecular complexity index is 1200. The van der Waals surface area contributed by atoms with Gasteiger partial charge in [-0.05, 0) is 30.0 Å². The molecule has 10 heteroatoms. The molecular weight excluding hydrogens is 386 g/mol. The summed E-state index contributed by atoms with van der Waals surface area (Å²) in [5, 5.41) is 23.8.